The van der Waals surface area contributed by atoms with Crippen molar-refractivity contribution in [1.82, 2.24) is 0 Å². The van der Waals surface area contributed by atoms with E-state index in [9.17, 15) is 9.90 Å². The monoisotopic (exact) mass is 163 g/mol. The highest BCUT2D eigenvalue weighted by Crippen LogP contribution is 2.17. The Morgan fingerprint density at radius 1 is 1.33 bits per heavy atom. The van der Waals surface area contributed by atoms with E-state index in [-0.39, 0.29) is 0 Å². The number of hydrogen-bond acceptors (Lipinski definition) is 2. The number of phenolic OH excluding ortho intramolecular Hbond substituents is 1. The van der Waals surface area contributed by atoms with E-state index in [1.807, 2.05) is 18.4 Å². The van der Waals surface area contributed by atoms with Crippen molar-refractivity contribution < 1.29 is 9.90 Å². The topological polar surface area (TPSA) is 37.3 Å². The highest BCUT2D eigenvalue weighted by Gasteiger charge is 1.97. The number of hydrogen-bond donors (Lipinski definition) is 1. The first-order valence-electron chi connectivity index (χ1n) is 3.96. The fraction of sp³-hybridized carbons (Fsp3) is 0.300. The number of aromatic hydroxyl groups is 1. The van der Waals surface area contributed by atoms with Crippen molar-refractivity contribution in [3.8, 4) is 5.75 Å². The summed E-state index contributed by atoms with van der Waals surface area (Å²) < 4.78 is 0. The molecule has 12 heavy (non-hydrogen) atoms. The fourth-order valence-electron chi connectivity index (χ4n) is 1.07. The van der Waals surface area contributed by atoms with E-state index in [0.29, 0.717) is 12.2 Å². The Kier molecular flexibility index (Phi) is 3.33. The van der Waals surface area contributed by atoms with Crippen LogP contribution in [0.25, 0.3) is 0 Å². The molecule has 2 nitrogen and oxygen atoms in total. The van der Waals surface area contributed by atoms with Gasteiger partial charge in [0.1, 0.15) is 5.75 Å². The van der Waals surface area contributed by atoms with E-state index in [0.717, 1.165) is 18.4 Å². The summed E-state index contributed by atoms with van der Waals surface area (Å²) in [5, 5.41) is 9.31. The van der Waals surface area contributed by atoms with Gasteiger partial charge in [-0.2, -0.15) is 0 Å². The second kappa shape index (κ2) is 4.54. The van der Waals surface area contributed by atoms with Crippen molar-refractivity contribution >= 4 is 6.29 Å². The lowest BCUT2D eigenvalue weighted by Gasteiger charge is -2.00. The van der Waals surface area contributed by atoms with Gasteiger partial charge in [-0.3, -0.25) is 4.79 Å². The molecule has 1 N–H and O–H groups in total. The van der Waals surface area contributed by atoms with Crippen molar-refractivity contribution in [2.24, 2.45) is 0 Å². The number of benzene rings is 1. The molecule has 63 valence electrons. The number of rotatable bonds is 4. The quantitative estimate of drug-likeness (QED) is 0.687. The lowest BCUT2D eigenvalue weighted by molar-refractivity contribution is 0.467. The number of para-hydroxylation sites is 1. The zero-order valence-corrected chi connectivity index (χ0v) is 6.79. The molecule has 0 fully saturated rings. The van der Waals surface area contributed by atoms with E-state index >= 15 is 0 Å². The number of aryl methyl sites for hydroxylation is 1. The molecule has 1 rings (SSSR count). The fourth-order valence-corrected chi connectivity index (χ4v) is 1.07. The molecule has 1 aromatic carbocycles. The maximum Gasteiger partial charge on any atom is 0.198 e. The summed E-state index contributed by atoms with van der Waals surface area (Å²) in [5.74, 6) is 0.309. The highest BCUT2D eigenvalue weighted by atomic mass is 16.3. The summed E-state index contributed by atoms with van der Waals surface area (Å²) in [6, 6.07) is 7.17. The molecule has 0 atom stereocenters. The van der Waals surface area contributed by atoms with Crippen LogP contribution < -0.4 is 0 Å². The molecular weight excluding hydrogens is 152 g/mol. The average molecular weight is 163 g/mol. The largest absolute Gasteiger partial charge is 0.508 e. The minimum absolute atomic E-state index is 0.309. The molecule has 0 aromatic heterocycles. The van der Waals surface area contributed by atoms with Crippen LogP contribution in [0, 0.1) is 0 Å². The Labute approximate surface area is 71.8 Å². The van der Waals surface area contributed by atoms with Crippen LogP contribution >= 0.6 is 0 Å². The SMILES string of the molecule is O=[C]CCCc1ccccc1O. The van der Waals surface area contributed by atoms with E-state index in [4.69, 9.17) is 0 Å². The second-order valence-corrected chi connectivity index (χ2v) is 2.63. The summed E-state index contributed by atoms with van der Waals surface area (Å²) in [7, 11) is 0. The molecule has 0 saturated carbocycles. The van der Waals surface area contributed by atoms with Crippen LogP contribution in [0.2, 0.25) is 0 Å². The first kappa shape index (κ1) is 8.78. The van der Waals surface area contributed by atoms with Gasteiger partial charge in [-0.15, -0.1) is 0 Å². The predicted molar refractivity (Wildman–Crippen MR) is 46.7 cm³/mol. The van der Waals surface area contributed by atoms with Gasteiger partial charge in [-0.05, 0) is 24.5 Å². The molecule has 0 aliphatic carbocycles. The number of unbranched alkanes of at least 4 members (excludes halogenated alkanes) is 1. The Morgan fingerprint density at radius 3 is 2.75 bits per heavy atom. The third-order valence-electron chi connectivity index (χ3n) is 1.72. The Hall–Kier alpha value is -1.31. The molecule has 0 unspecified atom stereocenters. The van der Waals surface area contributed by atoms with Gasteiger partial charge in [0.25, 0.3) is 0 Å². The Balaban J connectivity index is 2.51. The summed E-state index contributed by atoms with van der Waals surface area (Å²) >= 11 is 0. The maximum absolute atomic E-state index is 9.89. The van der Waals surface area contributed by atoms with Crippen molar-refractivity contribution in [3.63, 3.8) is 0 Å². The van der Waals surface area contributed by atoms with Crippen LogP contribution in [-0.2, 0) is 11.2 Å². The zero-order chi connectivity index (χ0) is 8.81. The first-order valence-corrected chi connectivity index (χ1v) is 3.96. The van der Waals surface area contributed by atoms with Crippen molar-refractivity contribution in [2.75, 3.05) is 0 Å². The molecule has 1 aromatic rings. The van der Waals surface area contributed by atoms with Crippen LogP contribution in [0.3, 0.4) is 0 Å². The summed E-state index contributed by atoms with van der Waals surface area (Å²) in [5.41, 5.74) is 0.896. The van der Waals surface area contributed by atoms with Crippen LogP contribution in [0.15, 0.2) is 24.3 Å². The standard InChI is InChI=1S/C10H11O2/c11-8-4-3-6-9-5-1-2-7-10(9)12/h1-2,5,7,12H,3-4,6H2. The summed E-state index contributed by atoms with van der Waals surface area (Å²) in [6.45, 7) is 0. The third-order valence-corrected chi connectivity index (χ3v) is 1.72. The predicted octanol–water partition coefficient (Wildman–Crippen LogP) is 1.82. The lowest BCUT2D eigenvalue weighted by Crippen LogP contribution is -1.86. The Morgan fingerprint density at radius 2 is 2.08 bits per heavy atom. The normalized spacial score (nSPS) is 9.67. The molecule has 2 heteroatoms. The van der Waals surface area contributed by atoms with Gasteiger partial charge in [0, 0.05) is 6.42 Å². The minimum atomic E-state index is 0.309. The van der Waals surface area contributed by atoms with Gasteiger partial charge in [0.05, 0.1) is 0 Å². The van der Waals surface area contributed by atoms with Crippen molar-refractivity contribution in [1.29, 1.82) is 0 Å². The van der Waals surface area contributed by atoms with Crippen LogP contribution in [0.5, 0.6) is 5.75 Å². The van der Waals surface area contributed by atoms with E-state index in [1.165, 1.54) is 0 Å². The highest BCUT2D eigenvalue weighted by molar-refractivity contribution is 5.50. The van der Waals surface area contributed by atoms with E-state index < -0.39 is 0 Å². The molecule has 0 spiro atoms. The smallest absolute Gasteiger partial charge is 0.198 e. The minimum Gasteiger partial charge on any atom is -0.508 e. The molecule has 0 aliphatic rings. The van der Waals surface area contributed by atoms with Gasteiger partial charge in [0.15, 0.2) is 6.29 Å². The molecular formula is C10H11O2. The third kappa shape index (κ3) is 2.38. The van der Waals surface area contributed by atoms with E-state index in [1.54, 1.807) is 12.1 Å². The van der Waals surface area contributed by atoms with Gasteiger partial charge < -0.3 is 5.11 Å². The molecule has 1 radical (unpaired) electrons. The molecule has 0 saturated heterocycles. The van der Waals surface area contributed by atoms with Gasteiger partial charge >= 0.3 is 0 Å². The summed E-state index contributed by atoms with van der Waals surface area (Å²) in [6.07, 6.45) is 3.75. The van der Waals surface area contributed by atoms with Crippen molar-refractivity contribution in [2.45, 2.75) is 19.3 Å². The van der Waals surface area contributed by atoms with Gasteiger partial charge in [-0.1, -0.05) is 18.2 Å². The van der Waals surface area contributed by atoms with E-state index in [2.05, 4.69) is 0 Å². The summed E-state index contributed by atoms with van der Waals surface area (Å²) in [4.78, 5) is 9.89. The van der Waals surface area contributed by atoms with Gasteiger partial charge in [-0.25, -0.2) is 0 Å². The second-order valence-electron chi connectivity index (χ2n) is 2.63. The molecule has 0 aliphatic heterocycles. The van der Waals surface area contributed by atoms with Crippen molar-refractivity contribution in [3.05, 3.63) is 29.8 Å². The first-order chi connectivity index (χ1) is 5.84. The van der Waals surface area contributed by atoms with Crippen LogP contribution in [0.1, 0.15) is 18.4 Å². The Bertz CT molecular complexity index is 256. The molecule has 0 amide bonds. The molecule has 0 bridgehead atoms. The van der Waals surface area contributed by atoms with Crippen LogP contribution in [-0.4, -0.2) is 11.4 Å². The zero-order valence-electron chi connectivity index (χ0n) is 6.79. The maximum atomic E-state index is 9.89. The average Bonchev–Trinajstić information content (AvgIpc) is 2.09. The lowest BCUT2D eigenvalue weighted by atomic mass is 10.1. The molecule has 0 heterocycles. The van der Waals surface area contributed by atoms with Crippen LogP contribution in [0.4, 0.5) is 0 Å². The number of phenols is 1. The van der Waals surface area contributed by atoms with Gasteiger partial charge in [0.2, 0.25) is 0 Å². The number of carbonyl (C=O) groups excluding carboxylic acids is 1.